The van der Waals surface area contributed by atoms with Crippen molar-refractivity contribution >= 4 is 40.0 Å². The van der Waals surface area contributed by atoms with Crippen LogP contribution in [-0.4, -0.2) is 10.9 Å². The van der Waals surface area contributed by atoms with E-state index in [0.717, 1.165) is 10.9 Å². The Morgan fingerprint density at radius 2 is 1.95 bits per heavy atom. The van der Waals surface area contributed by atoms with Crippen molar-refractivity contribution in [2.24, 2.45) is 0 Å². The molecule has 3 aromatic rings. The van der Waals surface area contributed by atoms with Gasteiger partial charge in [-0.3, -0.25) is 4.79 Å². The number of fused-ring (bicyclic) bond motifs is 1. The average Bonchev–Trinajstić information content (AvgIpc) is 2.89. The highest BCUT2D eigenvalue weighted by Crippen LogP contribution is 2.20. The first kappa shape index (κ1) is 14.9. The smallest absolute Gasteiger partial charge is 0.267 e. The third-order valence-corrected chi connectivity index (χ3v) is 3.87. The van der Waals surface area contributed by atoms with Gasteiger partial charge < -0.3 is 10.3 Å². The van der Waals surface area contributed by atoms with Gasteiger partial charge in [-0.15, -0.1) is 0 Å². The summed E-state index contributed by atoms with van der Waals surface area (Å²) in [5.74, 6) is -0.680. The quantitative estimate of drug-likeness (QED) is 0.724. The molecule has 0 spiro atoms. The molecule has 0 bridgehead atoms. The van der Waals surface area contributed by atoms with E-state index in [1.165, 1.54) is 12.1 Å². The second-order valence-corrected chi connectivity index (χ2v) is 5.68. The van der Waals surface area contributed by atoms with Crippen LogP contribution in [0.1, 0.15) is 16.1 Å². The van der Waals surface area contributed by atoms with Gasteiger partial charge in [0.1, 0.15) is 11.5 Å². The minimum atomic E-state index is -0.410. The normalized spacial score (nSPS) is 10.9. The second kappa shape index (κ2) is 5.99. The molecule has 112 valence electrons. The number of hydrogen-bond acceptors (Lipinski definition) is 1. The molecule has 6 heteroatoms. The number of carbonyl (C=O) groups excluding carboxylic acids is 1. The third kappa shape index (κ3) is 3.08. The molecule has 3 rings (SSSR count). The Bertz CT molecular complexity index is 860. The maximum Gasteiger partial charge on any atom is 0.267 e. The number of H-pyrrole nitrogens is 1. The number of carbonyl (C=O) groups is 1. The molecule has 3 nitrogen and oxygen atoms in total. The predicted molar refractivity (Wildman–Crippen MR) is 85.9 cm³/mol. The molecular formula is C16H11Cl2FN2O. The number of aromatic amines is 1. The molecule has 0 saturated heterocycles. The van der Waals surface area contributed by atoms with Gasteiger partial charge in [-0.2, -0.15) is 0 Å². The molecule has 0 aliphatic rings. The molecule has 0 atom stereocenters. The highest BCUT2D eigenvalue weighted by atomic mass is 35.5. The summed E-state index contributed by atoms with van der Waals surface area (Å²) in [6.45, 7) is 0.216. The van der Waals surface area contributed by atoms with Crippen molar-refractivity contribution in [1.82, 2.24) is 10.3 Å². The van der Waals surface area contributed by atoms with Gasteiger partial charge in [0.2, 0.25) is 0 Å². The van der Waals surface area contributed by atoms with Gasteiger partial charge in [0.05, 0.1) is 0 Å². The zero-order valence-corrected chi connectivity index (χ0v) is 12.8. The number of aromatic nitrogens is 1. The van der Waals surface area contributed by atoms with Crippen molar-refractivity contribution in [3.05, 3.63) is 69.6 Å². The maximum absolute atomic E-state index is 13.0. The van der Waals surface area contributed by atoms with E-state index in [2.05, 4.69) is 10.3 Å². The van der Waals surface area contributed by atoms with Crippen molar-refractivity contribution in [3.63, 3.8) is 0 Å². The molecular weight excluding hydrogens is 326 g/mol. The maximum atomic E-state index is 13.0. The lowest BCUT2D eigenvalue weighted by atomic mass is 10.2. The van der Waals surface area contributed by atoms with E-state index in [1.54, 1.807) is 24.3 Å². The van der Waals surface area contributed by atoms with E-state index < -0.39 is 5.82 Å². The van der Waals surface area contributed by atoms with E-state index in [0.29, 0.717) is 16.3 Å². The van der Waals surface area contributed by atoms with E-state index in [9.17, 15) is 9.18 Å². The Morgan fingerprint density at radius 1 is 1.14 bits per heavy atom. The van der Waals surface area contributed by atoms with E-state index in [4.69, 9.17) is 23.2 Å². The minimum absolute atomic E-state index is 0.216. The van der Waals surface area contributed by atoms with Crippen LogP contribution in [0.5, 0.6) is 0 Å². The van der Waals surface area contributed by atoms with Crippen LogP contribution in [0.4, 0.5) is 4.39 Å². The van der Waals surface area contributed by atoms with Crippen LogP contribution in [0, 0.1) is 5.82 Å². The molecule has 1 amide bonds. The van der Waals surface area contributed by atoms with E-state index in [-0.39, 0.29) is 17.5 Å². The van der Waals surface area contributed by atoms with Crippen molar-refractivity contribution in [1.29, 1.82) is 0 Å². The number of halogens is 3. The molecule has 0 radical (unpaired) electrons. The Balaban J connectivity index is 1.75. The number of benzene rings is 2. The molecule has 0 aliphatic heterocycles. The van der Waals surface area contributed by atoms with Crippen LogP contribution in [0.3, 0.4) is 0 Å². The van der Waals surface area contributed by atoms with Gasteiger partial charge >= 0.3 is 0 Å². The van der Waals surface area contributed by atoms with Gasteiger partial charge in [0, 0.05) is 27.5 Å². The molecule has 2 N–H and O–H groups in total. The van der Waals surface area contributed by atoms with E-state index >= 15 is 0 Å². The van der Waals surface area contributed by atoms with Crippen molar-refractivity contribution in [2.45, 2.75) is 6.54 Å². The van der Waals surface area contributed by atoms with Gasteiger partial charge in [-0.05, 0) is 42.0 Å². The topological polar surface area (TPSA) is 44.9 Å². The van der Waals surface area contributed by atoms with Crippen molar-refractivity contribution in [3.8, 4) is 0 Å². The fourth-order valence-electron chi connectivity index (χ4n) is 2.16. The summed E-state index contributed by atoms with van der Waals surface area (Å²) in [6, 6.07) is 11.1. The third-order valence-electron chi connectivity index (χ3n) is 3.28. The fourth-order valence-corrected chi connectivity index (χ4v) is 2.58. The lowest BCUT2D eigenvalue weighted by molar-refractivity contribution is 0.0947. The Kier molecular flexibility index (Phi) is 4.05. The summed E-state index contributed by atoms with van der Waals surface area (Å²) in [6.07, 6.45) is 0. The summed E-state index contributed by atoms with van der Waals surface area (Å²) < 4.78 is 13.0. The molecule has 0 saturated carbocycles. The number of rotatable bonds is 3. The molecule has 2 aromatic carbocycles. The molecule has 0 fully saturated rings. The fraction of sp³-hybridized carbons (Fsp3) is 0.0625. The molecule has 0 unspecified atom stereocenters. The minimum Gasteiger partial charge on any atom is -0.351 e. The van der Waals surface area contributed by atoms with E-state index in [1.807, 2.05) is 6.07 Å². The first-order valence-corrected chi connectivity index (χ1v) is 7.29. The van der Waals surface area contributed by atoms with Crippen LogP contribution in [0.2, 0.25) is 10.0 Å². The molecule has 1 heterocycles. The van der Waals surface area contributed by atoms with Crippen LogP contribution in [0.15, 0.2) is 42.5 Å². The monoisotopic (exact) mass is 336 g/mol. The number of amides is 1. The van der Waals surface area contributed by atoms with Crippen molar-refractivity contribution in [2.75, 3.05) is 0 Å². The molecule has 0 aliphatic carbocycles. The number of hydrogen-bond donors (Lipinski definition) is 2. The first-order valence-electron chi connectivity index (χ1n) is 6.53. The number of nitrogens with one attached hydrogen (secondary N) is 2. The lowest BCUT2D eigenvalue weighted by Gasteiger charge is -2.06. The second-order valence-electron chi connectivity index (χ2n) is 4.83. The zero-order valence-electron chi connectivity index (χ0n) is 11.3. The Morgan fingerprint density at radius 3 is 2.73 bits per heavy atom. The summed E-state index contributed by atoms with van der Waals surface area (Å²) in [7, 11) is 0. The van der Waals surface area contributed by atoms with Crippen LogP contribution in [-0.2, 0) is 6.54 Å². The largest absolute Gasteiger partial charge is 0.351 e. The Labute approximate surface area is 136 Å². The standard InChI is InChI=1S/C16H11Cl2FN2O/c17-11-2-4-14-10(5-11)6-15(21-14)16(22)20-8-9-1-3-12(19)7-13(9)18/h1-7,21H,8H2,(H,20,22). The van der Waals surface area contributed by atoms with Crippen LogP contribution >= 0.6 is 23.2 Å². The summed E-state index contributed by atoms with van der Waals surface area (Å²) in [4.78, 5) is 15.2. The SMILES string of the molecule is O=C(NCc1ccc(F)cc1Cl)c1cc2cc(Cl)ccc2[nH]1. The first-order chi connectivity index (χ1) is 10.5. The highest BCUT2D eigenvalue weighted by Gasteiger charge is 2.10. The Hall–Kier alpha value is -2.04. The van der Waals surface area contributed by atoms with Crippen LogP contribution < -0.4 is 5.32 Å². The lowest BCUT2D eigenvalue weighted by Crippen LogP contribution is -2.23. The summed E-state index contributed by atoms with van der Waals surface area (Å²) in [5.41, 5.74) is 1.90. The van der Waals surface area contributed by atoms with Crippen LogP contribution in [0.25, 0.3) is 10.9 Å². The average molecular weight is 337 g/mol. The van der Waals surface area contributed by atoms with Gasteiger partial charge in [0.25, 0.3) is 5.91 Å². The predicted octanol–water partition coefficient (Wildman–Crippen LogP) is 4.54. The highest BCUT2D eigenvalue weighted by molar-refractivity contribution is 6.31. The summed E-state index contributed by atoms with van der Waals surface area (Å²) >= 11 is 11.8. The molecule has 1 aromatic heterocycles. The van der Waals surface area contributed by atoms with Gasteiger partial charge in [-0.25, -0.2) is 4.39 Å². The van der Waals surface area contributed by atoms with Crippen molar-refractivity contribution < 1.29 is 9.18 Å². The zero-order chi connectivity index (χ0) is 15.7. The summed E-state index contributed by atoms with van der Waals surface area (Å²) in [5, 5.41) is 4.49. The van der Waals surface area contributed by atoms with Gasteiger partial charge in [0.15, 0.2) is 0 Å². The van der Waals surface area contributed by atoms with Gasteiger partial charge in [-0.1, -0.05) is 29.3 Å². The molecule has 22 heavy (non-hydrogen) atoms.